The number of aryl methyl sites for hydroxylation is 1. The summed E-state index contributed by atoms with van der Waals surface area (Å²) in [5, 5.41) is 12.6. The van der Waals surface area contributed by atoms with Gasteiger partial charge in [-0.25, -0.2) is 4.79 Å². The molecule has 116 valence electrons. The van der Waals surface area contributed by atoms with E-state index >= 15 is 0 Å². The number of hydrogen-bond acceptors (Lipinski definition) is 3. The van der Waals surface area contributed by atoms with Crippen LogP contribution in [0, 0.1) is 6.92 Å². The predicted molar refractivity (Wildman–Crippen MR) is 86.0 cm³/mol. The highest BCUT2D eigenvalue weighted by molar-refractivity contribution is 5.88. The van der Waals surface area contributed by atoms with E-state index in [-0.39, 0.29) is 6.04 Å². The molecule has 2 N–H and O–H groups in total. The van der Waals surface area contributed by atoms with Gasteiger partial charge in [0.25, 0.3) is 0 Å². The number of ether oxygens (including phenoxy) is 1. The van der Waals surface area contributed by atoms with Crippen LogP contribution in [0.3, 0.4) is 0 Å². The minimum absolute atomic E-state index is 0.0694. The van der Waals surface area contributed by atoms with Crippen LogP contribution in [0.5, 0.6) is 0 Å². The van der Waals surface area contributed by atoms with Gasteiger partial charge < -0.3 is 15.2 Å². The van der Waals surface area contributed by atoms with Crippen LogP contribution in [0.2, 0.25) is 0 Å². The molecule has 2 rings (SSSR count). The summed E-state index contributed by atoms with van der Waals surface area (Å²) in [4.78, 5) is 11.1. The van der Waals surface area contributed by atoms with Crippen molar-refractivity contribution in [1.82, 2.24) is 5.32 Å². The summed E-state index contributed by atoms with van der Waals surface area (Å²) < 4.78 is 5.28. The first-order chi connectivity index (χ1) is 10.6. The molecule has 2 aromatic rings. The molecule has 0 saturated heterocycles. The van der Waals surface area contributed by atoms with E-state index in [0.717, 1.165) is 16.7 Å². The van der Waals surface area contributed by atoms with E-state index in [0.29, 0.717) is 18.7 Å². The van der Waals surface area contributed by atoms with Crippen molar-refractivity contribution in [2.45, 2.75) is 19.5 Å². The van der Waals surface area contributed by atoms with E-state index in [1.54, 1.807) is 19.2 Å². The van der Waals surface area contributed by atoms with E-state index in [4.69, 9.17) is 9.84 Å². The molecule has 0 aliphatic carbocycles. The molecule has 4 heteroatoms. The molecule has 0 spiro atoms. The Morgan fingerprint density at radius 3 is 2.59 bits per heavy atom. The number of nitrogens with one attached hydrogen (secondary N) is 1. The Kier molecular flexibility index (Phi) is 5.69. The maximum Gasteiger partial charge on any atom is 0.335 e. The summed E-state index contributed by atoms with van der Waals surface area (Å²) in [5.41, 5.74) is 3.37. The molecule has 1 atom stereocenters. The third kappa shape index (κ3) is 4.41. The lowest BCUT2D eigenvalue weighted by molar-refractivity contribution is 0.0696. The number of rotatable bonds is 7. The Morgan fingerprint density at radius 2 is 1.95 bits per heavy atom. The quantitative estimate of drug-likeness (QED) is 0.824. The normalized spacial score (nSPS) is 12.1. The second kappa shape index (κ2) is 7.73. The molecule has 1 unspecified atom stereocenters. The average Bonchev–Trinajstić information content (AvgIpc) is 2.51. The molecule has 4 nitrogen and oxygen atoms in total. The van der Waals surface area contributed by atoms with Gasteiger partial charge in [0.1, 0.15) is 0 Å². The number of carboxylic acids is 1. The number of methoxy groups -OCH3 is 1. The molecular formula is C18H21NO3. The zero-order valence-corrected chi connectivity index (χ0v) is 12.9. The standard InChI is InChI=1S/C18H21NO3/c1-13-8-14(10-16(9-13)18(20)21)11-19-17(12-22-2)15-6-4-3-5-7-15/h3-10,17,19H,11-12H2,1-2H3,(H,20,21). The molecule has 0 fully saturated rings. The van der Waals surface area contributed by atoms with E-state index in [1.807, 2.05) is 31.2 Å². The number of aromatic carboxylic acids is 1. The summed E-state index contributed by atoms with van der Waals surface area (Å²) in [5.74, 6) is -0.901. The van der Waals surface area contributed by atoms with Crippen molar-refractivity contribution >= 4 is 5.97 Å². The Balaban J connectivity index is 2.11. The highest BCUT2D eigenvalue weighted by Gasteiger charge is 2.11. The number of carbonyl (C=O) groups is 1. The van der Waals surface area contributed by atoms with Gasteiger partial charge in [0.2, 0.25) is 0 Å². The van der Waals surface area contributed by atoms with Crippen LogP contribution < -0.4 is 5.32 Å². The van der Waals surface area contributed by atoms with Crippen molar-refractivity contribution in [1.29, 1.82) is 0 Å². The van der Waals surface area contributed by atoms with Crippen molar-refractivity contribution in [2.24, 2.45) is 0 Å². The molecule has 0 aliphatic heterocycles. The van der Waals surface area contributed by atoms with Crippen LogP contribution in [0.25, 0.3) is 0 Å². The van der Waals surface area contributed by atoms with Crippen molar-refractivity contribution < 1.29 is 14.6 Å². The van der Waals surface area contributed by atoms with Crippen molar-refractivity contribution in [3.63, 3.8) is 0 Å². The maximum atomic E-state index is 11.1. The summed E-state index contributed by atoms with van der Waals surface area (Å²) in [7, 11) is 1.67. The Hall–Kier alpha value is -2.17. The molecule has 0 aliphatic rings. The highest BCUT2D eigenvalue weighted by Crippen LogP contribution is 2.15. The van der Waals surface area contributed by atoms with Crippen LogP contribution >= 0.6 is 0 Å². The molecular weight excluding hydrogens is 278 g/mol. The van der Waals surface area contributed by atoms with Gasteiger partial charge in [0, 0.05) is 13.7 Å². The van der Waals surface area contributed by atoms with Crippen molar-refractivity contribution in [3.8, 4) is 0 Å². The first-order valence-electron chi connectivity index (χ1n) is 7.21. The SMILES string of the molecule is COCC(NCc1cc(C)cc(C(=O)O)c1)c1ccccc1. The van der Waals surface area contributed by atoms with E-state index < -0.39 is 5.97 Å². The minimum atomic E-state index is -0.901. The van der Waals surface area contributed by atoms with Gasteiger partial charge >= 0.3 is 5.97 Å². The van der Waals surface area contributed by atoms with Gasteiger partial charge in [0.05, 0.1) is 18.2 Å². The second-order valence-corrected chi connectivity index (χ2v) is 5.31. The maximum absolute atomic E-state index is 11.1. The van der Waals surface area contributed by atoms with Gasteiger partial charge in [0.15, 0.2) is 0 Å². The van der Waals surface area contributed by atoms with Crippen LogP contribution in [-0.4, -0.2) is 24.8 Å². The molecule has 22 heavy (non-hydrogen) atoms. The summed E-state index contributed by atoms with van der Waals surface area (Å²) >= 11 is 0. The minimum Gasteiger partial charge on any atom is -0.478 e. The second-order valence-electron chi connectivity index (χ2n) is 5.31. The summed E-state index contributed by atoms with van der Waals surface area (Å²) in [6.45, 7) is 3.05. The predicted octanol–water partition coefficient (Wildman–Crippen LogP) is 3.17. The van der Waals surface area contributed by atoms with E-state index in [9.17, 15) is 4.79 Å². The number of benzene rings is 2. The smallest absolute Gasteiger partial charge is 0.335 e. The van der Waals surface area contributed by atoms with Crippen LogP contribution in [0.4, 0.5) is 0 Å². The molecule has 0 aromatic heterocycles. The first-order valence-corrected chi connectivity index (χ1v) is 7.21. The fourth-order valence-electron chi connectivity index (χ4n) is 2.45. The molecule has 0 amide bonds. The molecule has 2 aromatic carbocycles. The lowest BCUT2D eigenvalue weighted by atomic mass is 10.0. The van der Waals surface area contributed by atoms with E-state index in [1.165, 1.54) is 0 Å². The fourth-order valence-corrected chi connectivity index (χ4v) is 2.45. The monoisotopic (exact) mass is 299 g/mol. The number of carboxylic acid groups (broad SMARTS) is 1. The van der Waals surface area contributed by atoms with E-state index in [2.05, 4.69) is 17.4 Å². The molecule has 0 radical (unpaired) electrons. The van der Waals surface area contributed by atoms with Gasteiger partial charge in [-0.1, -0.05) is 36.4 Å². The zero-order valence-electron chi connectivity index (χ0n) is 12.9. The zero-order chi connectivity index (χ0) is 15.9. The first kappa shape index (κ1) is 16.2. The topological polar surface area (TPSA) is 58.6 Å². The summed E-state index contributed by atoms with van der Waals surface area (Å²) in [6, 6.07) is 15.5. The van der Waals surface area contributed by atoms with Crippen LogP contribution in [-0.2, 0) is 11.3 Å². The van der Waals surface area contributed by atoms with Crippen molar-refractivity contribution in [2.75, 3.05) is 13.7 Å². The average molecular weight is 299 g/mol. The lowest BCUT2D eigenvalue weighted by Crippen LogP contribution is -2.25. The van der Waals surface area contributed by atoms with Gasteiger partial charge in [-0.3, -0.25) is 0 Å². The third-order valence-electron chi connectivity index (χ3n) is 3.47. The molecule has 0 heterocycles. The highest BCUT2D eigenvalue weighted by atomic mass is 16.5. The lowest BCUT2D eigenvalue weighted by Gasteiger charge is -2.19. The number of hydrogen-bond donors (Lipinski definition) is 2. The molecule has 0 bridgehead atoms. The molecule has 0 saturated carbocycles. The van der Waals surface area contributed by atoms with Crippen LogP contribution in [0.15, 0.2) is 48.5 Å². The van der Waals surface area contributed by atoms with Gasteiger partial charge in [-0.2, -0.15) is 0 Å². The van der Waals surface area contributed by atoms with Gasteiger partial charge in [-0.15, -0.1) is 0 Å². The van der Waals surface area contributed by atoms with Crippen molar-refractivity contribution in [3.05, 3.63) is 70.8 Å². The Bertz CT molecular complexity index is 625. The largest absolute Gasteiger partial charge is 0.478 e. The fraction of sp³-hybridized carbons (Fsp3) is 0.278. The van der Waals surface area contributed by atoms with Gasteiger partial charge in [-0.05, 0) is 35.7 Å². The summed E-state index contributed by atoms with van der Waals surface area (Å²) in [6.07, 6.45) is 0. The Morgan fingerprint density at radius 1 is 1.23 bits per heavy atom. The Labute approximate surface area is 130 Å². The van der Waals surface area contributed by atoms with Crippen LogP contribution in [0.1, 0.15) is 33.1 Å². The third-order valence-corrected chi connectivity index (χ3v) is 3.47.